The predicted octanol–water partition coefficient (Wildman–Crippen LogP) is 1.94. The number of rotatable bonds is 7. The summed E-state index contributed by atoms with van der Waals surface area (Å²) >= 11 is 0. The number of amidine groups is 1. The quantitative estimate of drug-likeness (QED) is 0.291. The molecule has 0 saturated carbocycles. The molecule has 0 aliphatic carbocycles. The molecule has 33 heavy (non-hydrogen) atoms. The third-order valence-corrected chi connectivity index (χ3v) is 4.83. The molecule has 2 heterocycles. The summed E-state index contributed by atoms with van der Waals surface area (Å²) in [5.74, 6) is 0.00228. The summed E-state index contributed by atoms with van der Waals surface area (Å²) in [6, 6.07) is 13.6. The number of carbonyl (C=O) groups excluding carboxylic acids is 1. The van der Waals surface area contributed by atoms with E-state index in [-0.39, 0.29) is 23.9 Å². The van der Waals surface area contributed by atoms with Gasteiger partial charge in [0.25, 0.3) is 5.91 Å². The molecule has 0 unspecified atom stereocenters. The van der Waals surface area contributed by atoms with Gasteiger partial charge in [-0.2, -0.15) is 5.21 Å². The highest BCUT2D eigenvalue weighted by atomic mass is 19.1. The Morgan fingerprint density at radius 3 is 2.58 bits per heavy atom. The number of aliphatic imine (C=N–C) groups is 1. The van der Waals surface area contributed by atoms with Crippen molar-refractivity contribution in [3.8, 4) is 11.4 Å². The van der Waals surface area contributed by atoms with Gasteiger partial charge in [-0.1, -0.05) is 36.4 Å². The third-order valence-electron chi connectivity index (χ3n) is 4.83. The molecule has 0 aliphatic rings. The van der Waals surface area contributed by atoms with Crippen molar-refractivity contribution in [2.75, 3.05) is 0 Å². The van der Waals surface area contributed by atoms with Gasteiger partial charge < -0.3 is 11.1 Å². The minimum absolute atomic E-state index is 0.154. The van der Waals surface area contributed by atoms with Crippen LogP contribution in [0, 0.1) is 12.7 Å². The molecule has 0 spiro atoms. The largest absolute Gasteiger partial charge is 0.382 e. The van der Waals surface area contributed by atoms with Gasteiger partial charge in [0.15, 0.2) is 0 Å². The molecule has 0 fully saturated rings. The number of halogens is 1. The third kappa shape index (κ3) is 5.39. The van der Waals surface area contributed by atoms with E-state index in [1.807, 2.05) is 24.3 Å². The summed E-state index contributed by atoms with van der Waals surface area (Å²) in [4.78, 5) is 24.9. The smallest absolute Gasteiger partial charge is 0.270 e. The minimum Gasteiger partial charge on any atom is -0.382 e. The van der Waals surface area contributed by atoms with E-state index in [9.17, 15) is 9.18 Å². The number of aromatic amines is 1. The van der Waals surface area contributed by atoms with E-state index in [1.54, 1.807) is 19.1 Å². The Kier molecular flexibility index (Phi) is 6.39. The van der Waals surface area contributed by atoms with Gasteiger partial charge in [0.05, 0.1) is 6.54 Å². The van der Waals surface area contributed by atoms with Crippen LogP contribution in [0.2, 0.25) is 0 Å². The Morgan fingerprint density at radius 2 is 1.85 bits per heavy atom. The molecule has 10 nitrogen and oxygen atoms in total. The molecule has 2 aromatic carbocycles. The highest BCUT2D eigenvalue weighted by Crippen LogP contribution is 2.14. The van der Waals surface area contributed by atoms with Crippen molar-refractivity contribution in [1.29, 1.82) is 0 Å². The monoisotopic (exact) mass is 445 g/mol. The summed E-state index contributed by atoms with van der Waals surface area (Å²) in [5, 5.41) is 16.6. The zero-order chi connectivity index (χ0) is 23.2. The minimum atomic E-state index is -0.398. The molecule has 0 bridgehead atoms. The number of H-pyrrole nitrogens is 1. The molecule has 4 N–H and O–H groups in total. The van der Waals surface area contributed by atoms with Crippen molar-refractivity contribution in [3.63, 3.8) is 0 Å². The average molecular weight is 445 g/mol. The maximum absolute atomic E-state index is 13.4. The van der Waals surface area contributed by atoms with Crippen molar-refractivity contribution >= 4 is 11.7 Å². The number of carbonyl (C=O) groups is 1. The molecule has 0 aliphatic heterocycles. The molecule has 0 saturated heterocycles. The van der Waals surface area contributed by atoms with Crippen LogP contribution in [-0.2, 0) is 13.1 Å². The zero-order valence-corrected chi connectivity index (χ0v) is 17.7. The number of aryl methyl sites for hydroxylation is 1. The number of hydrogen-bond acceptors (Lipinski definition) is 7. The molecule has 0 atom stereocenters. The first kappa shape index (κ1) is 21.7. The van der Waals surface area contributed by atoms with Crippen LogP contribution in [0.5, 0.6) is 0 Å². The Morgan fingerprint density at radius 1 is 1.09 bits per heavy atom. The topological polar surface area (TPSA) is 148 Å². The Balaban J connectivity index is 1.39. The van der Waals surface area contributed by atoms with Crippen molar-refractivity contribution < 1.29 is 9.18 Å². The van der Waals surface area contributed by atoms with Gasteiger partial charge in [0.2, 0.25) is 5.82 Å². The van der Waals surface area contributed by atoms with Crippen molar-refractivity contribution in [2.24, 2.45) is 10.7 Å². The van der Waals surface area contributed by atoms with E-state index in [2.05, 4.69) is 40.9 Å². The second-order valence-corrected chi connectivity index (χ2v) is 7.19. The molecule has 11 heteroatoms. The standard InChI is InChI=1S/C22H20FN9O/c1-13-8-15(4-7-17(13)23)11-26-22(33)19-9-18(27-12-28-19)20(24)25-10-14-2-5-16(6-3-14)21-29-31-32-30-21/h2-9,12H,10-11H2,1H3,(H2,24,25)(H,26,33)(H,29,30,31,32). The SMILES string of the molecule is Cc1cc(CNC(=O)c2cc(C(N)=NCc3ccc(-c4nn[nH]n4)cc3)ncn2)ccc1F. The molecule has 2 aromatic heterocycles. The van der Waals surface area contributed by atoms with E-state index < -0.39 is 5.91 Å². The van der Waals surface area contributed by atoms with Crippen LogP contribution >= 0.6 is 0 Å². The Labute approximate surface area is 188 Å². The van der Waals surface area contributed by atoms with E-state index in [0.717, 1.165) is 16.7 Å². The van der Waals surface area contributed by atoms with Crippen LogP contribution in [0.15, 0.2) is 59.9 Å². The first-order valence-electron chi connectivity index (χ1n) is 9.98. The van der Waals surface area contributed by atoms with Gasteiger partial charge in [0, 0.05) is 12.1 Å². The number of nitrogens with two attached hydrogens (primary N) is 1. The lowest BCUT2D eigenvalue weighted by atomic mass is 10.1. The number of benzene rings is 2. The fraction of sp³-hybridized carbons (Fsp3) is 0.136. The first-order chi connectivity index (χ1) is 16.0. The van der Waals surface area contributed by atoms with E-state index in [4.69, 9.17) is 5.73 Å². The van der Waals surface area contributed by atoms with Gasteiger partial charge in [-0.3, -0.25) is 9.79 Å². The van der Waals surface area contributed by atoms with Crippen LogP contribution in [0.3, 0.4) is 0 Å². The highest BCUT2D eigenvalue weighted by Gasteiger charge is 2.11. The predicted molar refractivity (Wildman–Crippen MR) is 118 cm³/mol. The fourth-order valence-electron chi connectivity index (χ4n) is 3.01. The van der Waals surface area contributed by atoms with Crippen LogP contribution in [-0.4, -0.2) is 42.3 Å². The molecular formula is C22H20FN9O. The van der Waals surface area contributed by atoms with Gasteiger partial charge >= 0.3 is 0 Å². The second kappa shape index (κ2) is 9.73. The molecule has 4 aromatic rings. The van der Waals surface area contributed by atoms with E-state index in [0.29, 0.717) is 23.6 Å². The van der Waals surface area contributed by atoms with E-state index in [1.165, 1.54) is 18.5 Å². The van der Waals surface area contributed by atoms with Crippen LogP contribution in [0.4, 0.5) is 4.39 Å². The Hall–Kier alpha value is -4.54. The summed E-state index contributed by atoms with van der Waals surface area (Å²) in [6.45, 7) is 2.23. The second-order valence-electron chi connectivity index (χ2n) is 7.19. The highest BCUT2D eigenvalue weighted by molar-refractivity contribution is 5.99. The van der Waals surface area contributed by atoms with Crippen LogP contribution in [0.25, 0.3) is 11.4 Å². The molecule has 166 valence electrons. The maximum Gasteiger partial charge on any atom is 0.270 e. The normalized spacial score (nSPS) is 11.4. The lowest BCUT2D eigenvalue weighted by Gasteiger charge is -2.07. The first-order valence-corrected chi connectivity index (χ1v) is 9.98. The summed E-state index contributed by atoms with van der Waals surface area (Å²) < 4.78 is 13.4. The number of hydrogen-bond donors (Lipinski definition) is 3. The van der Waals surface area contributed by atoms with Crippen molar-refractivity contribution in [3.05, 3.63) is 88.8 Å². The van der Waals surface area contributed by atoms with Gasteiger partial charge in [-0.05, 0) is 41.0 Å². The molecule has 4 rings (SSSR count). The summed E-state index contributed by atoms with van der Waals surface area (Å²) in [6.07, 6.45) is 1.26. The van der Waals surface area contributed by atoms with Gasteiger partial charge in [-0.25, -0.2) is 14.4 Å². The number of aromatic nitrogens is 6. The van der Waals surface area contributed by atoms with Crippen LogP contribution < -0.4 is 11.1 Å². The summed E-state index contributed by atoms with van der Waals surface area (Å²) in [5.41, 5.74) is 9.62. The van der Waals surface area contributed by atoms with E-state index >= 15 is 0 Å². The Bertz CT molecular complexity index is 1290. The number of nitrogens with zero attached hydrogens (tertiary/aromatic N) is 6. The number of tetrazole rings is 1. The molecular weight excluding hydrogens is 425 g/mol. The summed E-state index contributed by atoms with van der Waals surface area (Å²) in [7, 11) is 0. The maximum atomic E-state index is 13.4. The molecule has 1 amide bonds. The number of nitrogens with one attached hydrogen (secondary N) is 2. The number of amides is 1. The van der Waals surface area contributed by atoms with Gasteiger partial charge in [0.1, 0.15) is 29.4 Å². The van der Waals surface area contributed by atoms with Crippen molar-refractivity contribution in [2.45, 2.75) is 20.0 Å². The van der Waals surface area contributed by atoms with Crippen molar-refractivity contribution in [1.82, 2.24) is 35.9 Å². The lowest BCUT2D eigenvalue weighted by molar-refractivity contribution is 0.0945. The average Bonchev–Trinajstić information content (AvgIpc) is 3.38. The fourth-order valence-corrected chi connectivity index (χ4v) is 3.01. The van der Waals surface area contributed by atoms with Crippen LogP contribution in [0.1, 0.15) is 32.9 Å². The zero-order valence-electron chi connectivity index (χ0n) is 17.7. The lowest BCUT2D eigenvalue weighted by Crippen LogP contribution is -2.25. The molecule has 0 radical (unpaired) electrons. The van der Waals surface area contributed by atoms with Gasteiger partial charge in [-0.15, -0.1) is 10.2 Å².